The summed E-state index contributed by atoms with van der Waals surface area (Å²) in [6, 6.07) is 10.2. The Morgan fingerprint density at radius 1 is 1.25 bits per heavy atom. The molecule has 3 rings (SSSR count). The van der Waals surface area contributed by atoms with Gasteiger partial charge >= 0.3 is 0 Å². The zero-order valence-electron chi connectivity index (χ0n) is 10.9. The molecule has 2 N–H and O–H groups in total. The average Bonchev–Trinajstić information content (AvgIpc) is 2.75. The predicted octanol–water partition coefficient (Wildman–Crippen LogP) is 3.49. The van der Waals surface area contributed by atoms with Gasteiger partial charge in [0.15, 0.2) is 0 Å². The number of aryl methyl sites for hydroxylation is 1. The van der Waals surface area contributed by atoms with Crippen LogP contribution in [0, 0.1) is 5.82 Å². The molecule has 0 amide bonds. The molecule has 5 heteroatoms. The Kier molecular flexibility index (Phi) is 3.20. The van der Waals surface area contributed by atoms with Crippen LogP contribution in [-0.2, 0) is 13.6 Å². The summed E-state index contributed by atoms with van der Waals surface area (Å²) in [5, 5.41) is 0.349. The summed E-state index contributed by atoms with van der Waals surface area (Å²) in [5.74, 6) is 0.349. The molecule has 0 fully saturated rings. The largest absolute Gasteiger partial charge is 0.327 e. The summed E-state index contributed by atoms with van der Waals surface area (Å²) in [6.45, 7) is 0.471. The molecular weight excluding hydrogens is 277 g/mol. The number of hydrogen-bond acceptors (Lipinski definition) is 2. The van der Waals surface area contributed by atoms with Crippen LogP contribution in [0.25, 0.3) is 22.4 Å². The zero-order chi connectivity index (χ0) is 14.3. The van der Waals surface area contributed by atoms with E-state index < -0.39 is 0 Å². The van der Waals surface area contributed by atoms with Crippen LogP contribution < -0.4 is 5.73 Å². The topological polar surface area (TPSA) is 43.8 Å². The summed E-state index contributed by atoms with van der Waals surface area (Å²) < 4.78 is 15.1. The Morgan fingerprint density at radius 3 is 2.75 bits per heavy atom. The van der Waals surface area contributed by atoms with E-state index in [1.165, 1.54) is 12.1 Å². The van der Waals surface area contributed by atoms with Gasteiger partial charge in [0.25, 0.3) is 0 Å². The van der Waals surface area contributed by atoms with Crippen molar-refractivity contribution in [3.8, 4) is 11.4 Å². The van der Waals surface area contributed by atoms with E-state index in [9.17, 15) is 4.39 Å². The lowest BCUT2D eigenvalue weighted by molar-refractivity contribution is 0.628. The molecule has 0 bridgehead atoms. The first-order valence-electron chi connectivity index (χ1n) is 6.21. The van der Waals surface area contributed by atoms with Crippen molar-refractivity contribution in [2.45, 2.75) is 6.54 Å². The number of imidazole rings is 1. The molecule has 0 aliphatic heterocycles. The number of halogens is 2. The van der Waals surface area contributed by atoms with Gasteiger partial charge in [0, 0.05) is 19.2 Å². The molecule has 0 aliphatic rings. The van der Waals surface area contributed by atoms with Crippen molar-refractivity contribution in [3.05, 3.63) is 52.8 Å². The van der Waals surface area contributed by atoms with Crippen LogP contribution in [0.2, 0.25) is 5.02 Å². The molecule has 0 atom stereocenters. The fourth-order valence-electron chi connectivity index (χ4n) is 2.28. The normalized spacial score (nSPS) is 11.2. The van der Waals surface area contributed by atoms with Gasteiger partial charge in [-0.15, -0.1) is 0 Å². The lowest BCUT2D eigenvalue weighted by atomic mass is 10.2. The third-order valence-corrected chi connectivity index (χ3v) is 3.67. The van der Waals surface area contributed by atoms with Crippen LogP contribution in [0.4, 0.5) is 4.39 Å². The minimum Gasteiger partial charge on any atom is -0.327 e. The first-order valence-corrected chi connectivity index (χ1v) is 6.59. The number of benzene rings is 2. The van der Waals surface area contributed by atoms with Gasteiger partial charge in [-0.05, 0) is 35.9 Å². The molecule has 1 heterocycles. The number of rotatable bonds is 2. The Bertz CT molecular complexity index is 795. The van der Waals surface area contributed by atoms with Gasteiger partial charge in [0.05, 0.1) is 16.1 Å². The SMILES string of the molecule is Cn1c(-c2ccc(F)cc2Cl)nc2cc(CN)ccc21. The van der Waals surface area contributed by atoms with E-state index in [1.807, 2.05) is 29.8 Å². The highest BCUT2D eigenvalue weighted by Gasteiger charge is 2.13. The molecule has 0 radical (unpaired) electrons. The second-order valence-electron chi connectivity index (χ2n) is 4.65. The first-order chi connectivity index (χ1) is 9.60. The summed E-state index contributed by atoms with van der Waals surface area (Å²) in [5.41, 5.74) is 9.21. The van der Waals surface area contributed by atoms with Gasteiger partial charge in [-0.3, -0.25) is 0 Å². The van der Waals surface area contributed by atoms with Crippen LogP contribution in [-0.4, -0.2) is 9.55 Å². The van der Waals surface area contributed by atoms with Crippen LogP contribution in [0.5, 0.6) is 0 Å². The van der Waals surface area contributed by atoms with E-state index in [1.54, 1.807) is 6.07 Å². The van der Waals surface area contributed by atoms with Crippen molar-refractivity contribution in [3.63, 3.8) is 0 Å². The second kappa shape index (κ2) is 4.89. The van der Waals surface area contributed by atoms with Gasteiger partial charge in [0.2, 0.25) is 0 Å². The molecule has 1 aromatic heterocycles. The molecule has 0 aliphatic carbocycles. The highest BCUT2D eigenvalue weighted by Crippen LogP contribution is 2.30. The molecule has 3 nitrogen and oxygen atoms in total. The molecule has 0 spiro atoms. The zero-order valence-corrected chi connectivity index (χ0v) is 11.7. The highest BCUT2D eigenvalue weighted by atomic mass is 35.5. The number of aromatic nitrogens is 2. The Balaban J connectivity index is 2.23. The van der Waals surface area contributed by atoms with E-state index in [4.69, 9.17) is 17.3 Å². The van der Waals surface area contributed by atoms with Crippen LogP contribution >= 0.6 is 11.6 Å². The Labute approximate surface area is 120 Å². The average molecular weight is 290 g/mol. The van der Waals surface area contributed by atoms with Gasteiger partial charge in [-0.1, -0.05) is 17.7 Å². The van der Waals surface area contributed by atoms with Crippen molar-refractivity contribution < 1.29 is 4.39 Å². The molecule has 0 saturated carbocycles. The molecule has 20 heavy (non-hydrogen) atoms. The minimum absolute atomic E-state index is 0.349. The van der Waals surface area contributed by atoms with Crippen molar-refractivity contribution in [1.82, 2.24) is 9.55 Å². The molecule has 0 saturated heterocycles. The highest BCUT2D eigenvalue weighted by molar-refractivity contribution is 6.33. The van der Waals surface area contributed by atoms with E-state index in [2.05, 4.69) is 4.98 Å². The fraction of sp³-hybridized carbons (Fsp3) is 0.133. The van der Waals surface area contributed by atoms with Crippen LogP contribution in [0.15, 0.2) is 36.4 Å². The van der Waals surface area contributed by atoms with Gasteiger partial charge in [-0.25, -0.2) is 9.37 Å². The number of nitrogens with zero attached hydrogens (tertiary/aromatic N) is 2. The van der Waals surface area contributed by atoms with Crippen LogP contribution in [0.1, 0.15) is 5.56 Å². The first kappa shape index (κ1) is 13.1. The van der Waals surface area contributed by atoms with Gasteiger partial charge in [0.1, 0.15) is 11.6 Å². The summed E-state index contributed by atoms with van der Waals surface area (Å²) in [4.78, 5) is 4.58. The standard InChI is InChI=1S/C15H13ClFN3/c1-20-14-5-2-9(8-18)6-13(14)19-15(20)11-4-3-10(17)7-12(11)16/h2-7H,8,18H2,1H3. The summed E-state index contributed by atoms with van der Waals surface area (Å²) in [6.07, 6.45) is 0. The molecule has 102 valence electrons. The van der Waals surface area contributed by atoms with Crippen molar-refractivity contribution in [2.75, 3.05) is 0 Å². The predicted molar refractivity (Wildman–Crippen MR) is 79.0 cm³/mol. The Morgan fingerprint density at radius 2 is 2.05 bits per heavy atom. The maximum Gasteiger partial charge on any atom is 0.142 e. The van der Waals surface area contributed by atoms with E-state index in [0.717, 1.165) is 16.6 Å². The smallest absolute Gasteiger partial charge is 0.142 e. The van der Waals surface area contributed by atoms with Crippen molar-refractivity contribution in [2.24, 2.45) is 12.8 Å². The molecule has 2 aromatic carbocycles. The maximum absolute atomic E-state index is 13.1. The van der Waals surface area contributed by atoms with Crippen LogP contribution in [0.3, 0.4) is 0 Å². The van der Waals surface area contributed by atoms with E-state index >= 15 is 0 Å². The number of fused-ring (bicyclic) bond motifs is 1. The third kappa shape index (κ3) is 2.07. The lowest BCUT2D eigenvalue weighted by Crippen LogP contribution is -1.96. The monoisotopic (exact) mass is 289 g/mol. The summed E-state index contributed by atoms with van der Waals surface area (Å²) >= 11 is 6.11. The van der Waals surface area contributed by atoms with E-state index in [0.29, 0.717) is 23.0 Å². The molecular formula is C15H13ClFN3. The van der Waals surface area contributed by atoms with Gasteiger partial charge in [-0.2, -0.15) is 0 Å². The van der Waals surface area contributed by atoms with Crippen molar-refractivity contribution >= 4 is 22.6 Å². The summed E-state index contributed by atoms with van der Waals surface area (Å²) in [7, 11) is 1.91. The lowest BCUT2D eigenvalue weighted by Gasteiger charge is -2.04. The van der Waals surface area contributed by atoms with E-state index in [-0.39, 0.29) is 5.82 Å². The van der Waals surface area contributed by atoms with Gasteiger partial charge < -0.3 is 10.3 Å². The van der Waals surface area contributed by atoms with Crippen molar-refractivity contribution in [1.29, 1.82) is 0 Å². The second-order valence-corrected chi connectivity index (χ2v) is 5.05. The molecule has 3 aromatic rings. The maximum atomic E-state index is 13.1. The number of nitrogens with two attached hydrogens (primary N) is 1. The Hall–Kier alpha value is -1.91. The third-order valence-electron chi connectivity index (χ3n) is 3.35. The number of hydrogen-bond donors (Lipinski definition) is 1. The fourth-order valence-corrected chi connectivity index (χ4v) is 2.54. The molecule has 0 unspecified atom stereocenters. The quantitative estimate of drug-likeness (QED) is 0.785. The minimum atomic E-state index is -0.358.